The Hall–Kier alpha value is -2.21. The second kappa shape index (κ2) is 7.57. The van der Waals surface area contributed by atoms with Crippen LogP contribution in [0.25, 0.3) is 0 Å². The Labute approximate surface area is 141 Å². The van der Waals surface area contributed by atoms with Gasteiger partial charge in [0, 0.05) is 23.6 Å². The minimum Gasteiger partial charge on any atom is -0.332 e. The number of non-ortho nitro benzene ring substituents is 1. The number of nitrogens with zero attached hydrogens (tertiary/aromatic N) is 2. The van der Waals surface area contributed by atoms with E-state index in [4.69, 9.17) is 0 Å². The van der Waals surface area contributed by atoms with E-state index >= 15 is 0 Å². The Kier molecular flexibility index (Phi) is 5.25. The van der Waals surface area contributed by atoms with E-state index in [2.05, 4.69) is 12.2 Å². The molecule has 24 heavy (non-hydrogen) atoms. The molecular formula is C18H24N3O3+. The van der Waals surface area contributed by atoms with Crippen molar-refractivity contribution in [2.45, 2.75) is 19.3 Å². The molecule has 0 saturated carbocycles. The molecule has 1 aliphatic heterocycles. The molecule has 6 heteroatoms. The molecule has 1 aliphatic carbocycles. The van der Waals surface area contributed by atoms with Crippen molar-refractivity contribution in [2.24, 2.45) is 5.92 Å². The molecule has 2 aliphatic rings. The van der Waals surface area contributed by atoms with Crippen LogP contribution in [0.5, 0.6) is 0 Å². The van der Waals surface area contributed by atoms with Crippen LogP contribution in [0.1, 0.15) is 29.6 Å². The van der Waals surface area contributed by atoms with Crippen molar-refractivity contribution in [1.29, 1.82) is 0 Å². The number of quaternary nitrogens is 1. The van der Waals surface area contributed by atoms with Crippen molar-refractivity contribution in [3.05, 3.63) is 52.1 Å². The van der Waals surface area contributed by atoms with E-state index in [1.807, 2.05) is 4.90 Å². The highest BCUT2D eigenvalue weighted by Crippen LogP contribution is 2.16. The van der Waals surface area contributed by atoms with Gasteiger partial charge in [-0.15, -0.1) is 0 Å². The van der Waals surface area contributed by atoms with Gasteiger partial charge in [0.2, 0.25) is 0 Å². The van der Waals surface area contributed by atoms with Gasteiger partial charge in [-0.2, -0.15) is 0 Å². The third kappa shape index (κ3) is 4.00. The zero-order chi connectivity index (χ0) is 16.9. The minimum absolute atomic E-state index is 0.0161. The van der Waals surface area contributed by atoms with Crippen molar-refractivity contribution < 1.29 is 14.6 Å². The predicted octanol–water partition coefficient (Wildman–Crippen LogP) is 1.29. The fourth-order valence-corrected chi connectivity index (χ4v) is 3.59. The highest BCUT2D eigenvalue weighted by molar-refractivity contribution is 5.94. The number of hydrogen-bond donors (Lipinski definition) is 1. The van der Waals surface area contributed by atoms with Gasteiger partial charge in [0.15, 0.2) is 0 Å². The highest BCUT2D eigenvalue weighted by atomic mass is 16.6. The summed E-state index contributed by atoms with van der Waals surface area (Å²) in [6.07, 6.45) is 8.23. The van der Waals surface area contributed by atoms with Gasteiger partial charge in [-0.25, -0.2) is 0 Å². The number of hydrogen-bond acceptors (Lipinski definition) is 3. The lowest BCUT2D eigenvalue weighted by molar-refractivity contribution is -0.907. The lowest BCUT2D eigenvalue weighted by atomic mass is 9.94. The van der Waals surface area contributed by atoms with Gasteiger partial charge in [0.25, 0.3) is 11.6 Å². The van der Waals surface area contributed by atoms with Crippen LogP contribution in [0.3, 0.4) is 0 Å². The first kappa shape index (κ1) is 16.6. The number of carbonyl (C=O) groups excluding carboxylic acids is 1. The molecule has 0 aromatic heterocycles. The van der Waals surface area contributed by atoms with Crippen molar-refractivity contribution in [3.8, 4) is 0 Å². The molecule has 0 spiro atoms. The van der Waals surface area contributed by atoms with Gasteiger partial charge in [-0.05, 0) is 31.4 Å². The first-order chi connectivity index (χ1) is 11.6. The summed E-state index contributed by atoms with van der Waals surface area (Å²) in [5.74, 6) is 0.756. The summed E-state index contributed by atoms with van der Waals surface area (Å²) >= 11 is 0. The summed E-state index contributed by atoms with van der Waals surface area (Å²) in [6.45, 7) is 4.68. The van der Waals surface area contributed by atoms with Crippen molar-refractivity contribution in [1.82, 2.24) is 4.90 Å². The van der Waals surface area contributed by atoms with Crippen molar-refractivity contribution in [3.63, 3.8) is 0 Å². The number of amides is 1. The second-order valence-corrected chi connectivity index (χ2v) is 6.70. The molecule has 1 fully saturated rings. The van der Waals surface area contributed by atoms with E-state index in [1.165, 1.54) is 37.9 Å². The predicted molar refractivity (Wildman–Crippen MR) is 91.0 cm³/mol. The SMILES string of the molecule is O=C(c1ccc([N+](=O)[O-])cc1)N1CC[NH+](C[C@@H]2CC=CCC2)CC1. The van der Waals surface area contributed by atoms with E-state index in [9.17, 15) is 14.9 Å². The topological polar surface area (TPSA) is 67.9 Å². The number of piperazine rings is 1. The number of rotatable bonds is 4. The fourth-order valence-electron chi connectivity index (χ4n) is 3.59. The summed E-state index contributed by atoms with van der Waals surface area (Å²) in [6, 6.07) is 5.89. The minimum atomic E-state index is -0.448. The van der Waals surface area contributed by atoms with Crippen LogP contribution in [0, 0.1) is 16.0 Å². The lowest BCUT2D eigenvalue weighted by Crippen LogP contribution is -3.15. The Morgan fingerprint density at radius 2 is 1.92 bits per heavy atom. The summed E-state index contributed by atoms with van der Waals surface area (Å²) in [5.41, 5.74) is 0.545. The molecule has 0 bridgehead atoms. The summed E-state index contributed by atoms with van der Waals surface area (Å²) in [7, 11) is 0. The van der Waals surface area contributed by atoms with Crippen LogP contribution >= 0.6 is 0 Å². The quantitative estimate of drug-likeness (QED) is 0.514. The van der Waals surface area contributed by atoms with E-state index in [0.29, 0.717) is 5.56 Å². The normalized spacial score (nSPS) is 21.7. The molecule has 0 radical (unpaired) electrons. The molecule has 1 atom stereocenters. The Bertz CT molecular complexity index is 619. The zero-order valence-electron chi connectivity index (χ0n) is 13.8. The molecule has 0 unspecified atom stereocenters. The maximum Gasteiger partial charge on any atom is 0.269 e. The Morgan fingerprint density at radius 1 is 1.21 bits per heavy atom. The molecule has 1 aromatic rings. The number of nitro benzene ring substituents is 1. The standard InChI is InChI=1S/C18H23N3O3/c22-18(16-6-8-17(9-7-16)21(23)24)20-12-10-19(11-13-20)14-15-4-2-1-3-5-15/h1-2,6-9,15H,3-5,10-14H2/p+1/t15-/m1/s1. The largest absolute Gasteiger partial charge is 0.332 e. The average molecular weight is 330 g/mol. The molecule has 1 saturated heterocycles. The van der Waals surface area contributed by atoms with Crippen LogP contribution in [0.15, 0.2) is 36.4 Å². The first-order valence-electron chi connectivity index (χ1n) is 8.66. The molecule has 1 aromatic carbocycles. The number of nitro groups is 1. The summed E-state index contributed by atoms with van der Waals surface area (Å²) < 4.78 is 0. The van der Waals surface area contributed by atoms with Gasteiger partial charge < -0.3 is 9.80 Å². The number of benzene rings is 1. The van der Waals surface area contributed by atoms with Gasteiger partial charge in [0.05, 0.1) is 37.6 Å². The molecule has 1 amide bonds. The molecule has 128 valence electrons. The van der Waals surface area contributed by atoms with E-state index in [0.717, 1.165) is 32.1 Å². The molecule has 1 N–H and O–H groups in total. The van der Waals surface area contributed by atoms with Crippen molar-refractivity contribution in [2.75, 3.05) is 32.7 Å². The van der Waals surface area contributed by atoms with Crippen LogP contribution in [0.4, 0.5) is 5.69 Å². The van der Waals surface area contributed by atoms with Gasteiger partial charge in [0.1, 0.15) is 0 Å². The third-order valence-electron chi connectivity index (χ3n) is 5.04. The molecule has 3 rings (SSSR count). The zero-order valence-corrected chi connectivity index (χ0v) is 13.8. The van der Waals surface area contributed by atoms with Gasteiger partial charge >= 0.3 is 0 Å². The van der Waals surface area contributed by atoms with Crippen LogP contribution in [-0.4, -0.2) is 48.5 Å². The molecular weight excluding hydrogens is 306 g/mol. The van der Waals surface area contributed by atoms with Crippen LogP contribution < -0.4 is 4.90 Å². The number of carbonyl (C=O) groups is 1. The van der Waals surface area contributed by atoms with Crippen LogP contribution in [-0.2, 0) is 0 Å². The lowest BCUT2D eigenvalue weighted by Gasteiger charge is -2.34. The number of allylic oxidation sites excluding steroid dienone is 2. The monoisotopic (exact) mass is 330 g/mol. The third-order valence-corrected chi connectivity index (χ3v) is 5.04. The Balaban J connectivity index is 1.51. The Morgan fingerprint density at radius 3 is 2.50 bits per heavy atom. The number of nitrogens with one attached hydrogen (secondary N) is 1. The summed E-state index contributed by atoms with van der Waals surface area (Å²) in [4.78, 5) is 26.2. The smallest absolute Gasteiger partial charge is 0.269 e. The van der Waals surface area contributed by atoms with E-state index in [-0.39, 0.29) is 11.6 Å². The fraction of sp³-hybridized carbons (Fsp3) is 0.500. The maximum atomic E-state index is 12.5. The average Bonchev–Trinajstić information content (AvgIpc) is 2.63. The summed E-state index contributed by atoms with van der Waals surface area (Å²) in [5, 5.41) is 10.7. The molecule has 1 heterocycles. The first-order valence-corrected chi connectivity index (χ1v) is 8.66. The second-order valence-electron chi connectivity index (χ2n) is 6.70. The molecule has 6 nitrogen and oxygen atoms in total. The van der Waals surface area contributed by atoms with E-state index in [1.54, 1.807) is 17.0 Å². The highest BCUT2D eigenvalue weighted by Gasteiger charge is 2.26. The maximum absolute atomic E-state index is 12.5. The van der Waals surface area contributed by atoms with E-state index < -0.39 is 4.92 Å². The van der Waals surface area contributed by atoms with Gasteiger partial charge in [-0.1, -0.05) is 12.2 Å². The van der Waals surface area contributed by atoms with Crippen LogP contribution in [0.2, 0.25) is 0 Å². The van der Waals surface area contributed by atoms with Crippen molar-refractivity contribution >= 4 is 11.6 Å². The van der Waals surface area contributed by atoms with Gasteiger partial charge in [-0.3, -0.25) is 14.9 Å².